The third-order valence-electron chi connectivity index (χ3n) is 2.72. The summed E-state index contributed by atoms with van der Waals surface area (Å²) in [6.45, 7) is 4.30. The van der Waals surface area contributed by atoms with Crippen molar-refractivity contribution in [2.75, 3.05) is 5.32 Å². The molecule has 0 amide bonds. The Morgan fingerprint density at radius 1 is 1.54 bits per heavy atom. The molecule has 1 aromatic heterocycles. The molecule has 1 fully saturated rings. The zero-order valence-corrected chi connectivity index (χ0v) is 8.25. The van der Waals surface area contributed by atoms with Crippen molar-refractivity contribution in [3.63, 3.8) is 0 Å². The van der Waals surface area contributed by atoms with Crippen LogP contribution in [0.4, 0.5) is 5.69 Å². The number of rotatable bonds is 3. The van der Waals surface area contributed by atoms with Gasteiger partial charge in [-0.1, -0.05) is 0 Å². The van der Waals surface area contributed by atoms with Gasteiger partial charge in [0.05, 0.1) is 11.4 Å². The van der Waals surface area contributed by atoms with Gasteiger partial charge in [0.1, 0.15) is 0 Å². The number of hydrogen-bond acceptors (Lipinski definition) is 2. The van der Waals surface area contributed by atoms with E-state index in [0.29, 0.717) is 6.04 Å². The van der Waals surface area contributed by atoms with Crippen LogP contribution in [0.3, 0.4) is 0 Å². The highest BCUT2D eigenvalue weighted by Gasteiger charge is 2.27. The van der Waals surface area contributed by atoms with Crippen LogP contribution in [0.2, 0.25) is 0 Å². The topological polar surface area (TPSA) is 24.9 Å². The van der Waals surface area contributed by atoms with E-state index in [1.165, 1.54) is 18.5 Å². The molecular weight excluding hydrogens is 160 g/mol. The Bertz CT molecular complexity index is 292. The first-order chi connectivity index (χ1) is 6.27. The minimum absolute atomic E-state index is 0.600. The van der Waals surface area contributed by atoms with E-state index in [1.807, 2.05) is 19.2 Å². The molecule has 2 heteroatoms. The molecule has 13 heavy (non-hydrogen) atoms. The summed E-state index contributed by atoms with van der Waals surface area (Å²) in [5, 5.41) is 3.51. The fraction of sp³-hybridized carbons (Fsp3) is 0.545. The van der Waals surface area contributed by atoms with Crippen LogP contribution in [-0.4, -0.2) is 11.0 Å². The normalized spacial score (nSPS) is 18.3. The van der Waals surface area contributed by atoms with Crippen LogP contribution in [-0.2, 0) is 0 Å². The average Bonchev–Trinajstić information content (AvgIpc) is 2.91. The van der Waals surface area contributed by atoms with Crippen molar-refractivity contribution in [3.05, 3.63) is 24.0 Å². The molecule has 2 nitrogen and oxygen atoms in total. The molecule has 1 aromatic rings. The molecule has 2 rings (SSSR count). The highest BCUT2D eigenvalue weighted by atomic mass is 14.9. The van der Waals surface area contributed by atoms with Gasteiger partial charge in [0.15, 0.2) is 0 Å². The maximum absolute atomic E-state index is 4.25. The van der Waals surface area contributed by atoms with Crippen LogP contribution in [0.5, 0.6) is 0 Å². The van der Waals surface area contributed by atoms with E-state index in [-0.39, 0.29) is 0 Å². The summed E-state index contributed by atoms with van der Waals surface area (Å²) in [4.78, 5) is 4.25. The van der Waals surface area contributed by atoms with Crippen LogP contribution in [0.15, 0.2) is 18.3 Å². The van der Waals surface area contributed by atoms with Crippen LogP contribution < -0.4 is 5.32 Å². The summed E-state index contributed by atoms with van der Waals surface area (Å²) in [6, 6.07) is 4.68. The Kier molecular flexibility index (Phi) is 2.21. The van der Waals surface area contributed by atoms with Crippen molar-refractivity contribution in [1.82, 2.24) is 4.98 Å². The zero-order valence-electron chi connectivity index (χ0n) is 8.25. The summed E-state index contributed by atoms with van der Waals surface area (Å²) >= 11 is 0. The van der Waals surface area contributed by atoms with Gasteiger partial charge in [0.25, 0.3) is 0 Å². The maximum atomic E-state index is 4.25. The molecule has 0 bridgehead atoms. The number of anilines is 1. The summed E-state index contributed by atoms with van der Waals surface area (Å²) in [5.74, 6) is 0.889. The van der Waals surface area contributed by atoms with Gasteiger partial charge in [-0.05, 0) is 44.7 Å². The van der Waals surface area contributed by atoms with Crippen LogP contribution in [0, 0.1) is 12.8 Å². The largest absolute Gasteiger partial charge is 0.381 e. The summed E-state index contributed by atoms with van der Waals surface area (Å²) < 4.78 is 0. The standard InChI is InChI=1S/C11H16N2/c1-8(10-5-6-10)13-11-4-3-7-12-9(11)2/h3-4,7-8,10,13H,5-6H2,1-2H3. The van der Waals surface area contributed by atoms with E-state index in [2.05, 4.69) is 23.3 Å². The molecule has 0 spiro atoms. The lowest BCUT2D eigenvalue weighted by molar-refractivity contribution is 0.693. The van der Waals surface area contributed by atoms with Crippen LogP contribution >= 0.6 is 0 Å². The van der Waals surface area contributed by atoms with E-state index in [0.717, 1.165) is 11.6 Å². The van der Waals surface area contributed by atoms with Crippen molar-refractivity contribution in [2.24, 2.45) is 5.92 Å². The summed E-state index contributed by atoms with van der Waals surface area (Å²) in [6.07, 6.45) is 4.60. The number of nitrogens with zero attached hydrogens (tertiary/aromatic N) is 1. The van der Waals surface area contributed by atoms with Crippen LogP contribution in [0.25, 0.3) is 0 Å². The fourth-order valence-electron chi connectivity index (χ4n) is 1.60. The maximum Gasteiger partial charge on any atom is 0.0603 e. The molecule has 1 N–H and O–H groups in total. The smallest absolute Gasteiger partial charge is 0.0603 e. The number of pyridine rings is 1. The first kappa shape index (κ1) is 8.54. The monoisotopic (exact) mass is 176 g/mol. The van der Waals surface area contributed by atoms with Crippen molar-refractivity contribution >= 4 is 5.69 Å². The number of aromatic nitrogens is 1. The van der Waals surface area contributed by atoms with E-state index in [1.54, 1.807) is 0 Å². The number of nitrogens with one attached hydrogen (secondary N) is 1. The lowest BCUT2D eigenvalue weighted by Crippen LogP contribution is -2.18. The van der Waals surface area contributed by atoms with Crippen molar-refractivity contribution in [1.29, 1.82) is 0 Å². The minimum Gasteiger partial charge on any atom is -0.381 e. The lowest BCUT2D eigenvalue weighted by Gasteiger charge is -2.15. The molecule has 0 radical (unpaired) electrons. The van der Waals surface area contributed by atoms with E-state index in [4.69, 9.17) is 0 Å². The first-order valence-corrected chi connectivity index (χ1v) is 4.95. The van der Waals surface area contributed by atoms with Crippen molar-refractivity contribution < 1.29 is 0 Å². The Hall–Kier alpha value is -1.05. The van der Waals surface area contributed by atoms with E-state index >= 15 is 0 Å². The Balaban J connectivity index is 2.03. The Morgan fingerprint density at radius 2 is 2.31 bits per heavy atom. The Labute approximate surface area is 79.4 Å². The second kappa shape index (κ2) is 3.36. The van der Waals surface area contributed by atoms with Gasteiger partial charge in [-0.25, -0.2) is 0 Å². The van der Waals surface area contributed by atoms with Gasteiger partial charge < -0.3 is 5.32 Å². The van der Waals surface area contributed by atoms with Gasteiger partial charge >= 0.3 is 0 Å². The predicted molar refractivity (Wildman–Crippen MR) is 54.8 cm³/mol. The van der Waals surface area contributed by atoms with E-state index < -0.39 is 0 Å². The highest BCUT2D eigenvalue weighted by Crippen LogP contribution is 2.34. The van der Waals surface area contributed by atoms with Crippen molar-refractivity contribution in [2.45, 2.75) is 32.7 Å². The molecule has 1 aliphatic carbocycles. The average molecular weight is 176 g/mol. The molecule has 1 heterocycles. The molecule has 1 unspecified atom stereocenters. The van der Waals surface area contributed by atoms with Gasteiger partial charge in [0.2, 0.25) is 0 Å². The molecule has 0 aliphatic heterocycles. The summed E-state index contributed by atoms with van der Waals surface area (Å²) in [5.41, 5.74) is 2.27. The van der Waals surface area contributed by atoms with Gasteiger partial charge in [-0.3, -0.25) is 4.98 Å². The zero-order chi connectivity index (χ0) is 9.26. The molecule has 0 aromatic carbocycles. The quantitative estimate of drug-likeness (QED) is 0.765. The third-order valence-corrected chi connectivity index (χ3v) is 2.72. The molecular formula is C11H16N2. The summed E-state index contributed by atoms with van der Waals surface area (Å²) in [7, 11) is 0. The molecule has 1 aliphatic rings. The Morgan fingerprint density at radius 3 is 2.92 bits per heavy atom. The predicted octanol–water partition coefficient (Wildman–Crippen LogP) is 2.60. The number of hydrogen-bond donors (Lipinski definition) is 1. The lowest BCUT2D eigenvalue weighted by atomic mass is 10.2. The van der Waals surface area contributed by atoms with Crippen molar-refractivity contribution in [3.8, 4) is 0 Å². The van der Waals surface area contributed by atoms with Crippen LogP contribution in [0.1, 0.15) is 25.5 Å². The van der Waals surface area contributed by atoms with Gasteiger partial charge in [-0.2, -0.15) is 0 Å². The SMILES string of the molecule is Cc1ncccc1NC(C)C1CC1. The third kappa shape index (κ3) is 2.00. The molecule has 1 saturated carbocycles. The second-order valence-electron chi connectivity index (χ2n) is 3.91. The second-order valence-corrected chi connectivity index (χ2v) is 3.91. The molecule has 70 valence electrons. The molecule has 0 saturated heterocycles. The van der Waals surface area contributed by atoms with E-state index in [9.17, 15) is 0 Å². The first-order valence-electron chi connectivity index (χ1n) is 4.95. The van der Waals surface area contributed by atoms with Gasteiger partial charge in [-0.15, -0.1) is 0 Å². The fourth-order valence-corrected chi connectivity index (χ4v) is 1.60. The van der Waals surface area contributed by atoms with Gasteiger partial charge in [0, 0.05) is 12.2 Å². The molecule has 1 atom stereocenters. The minimum atomic E-state index is 0.600. The highest BCUT2D eigenvalue weighted by molar-refractivity contribution is 5.47. The number of aryl methyl sites for hydroxylation is 1.